The second-order valence-corrected chi connectivity index (χ2v) is 5.76. The number of hydrogen-bond acceptors (Lipinski definition) is 4. The Morgan fingerprint density at radius 1 is 1.50 bits per heavy atom. The Hall–Kier alpha value is -1.04. The molecular formula is C12H13ClN4S. The van der Waals surface area contributed by atoms with Crippen molar-refractivity contribution in [2.75, 3.05) is 5.75 Å². The zero-order chi connectivity index (χ0) is 12.4. The number of halogens is 1. The summed E-state index contributed by atoms with van der Waals surface area (Å²) in [6.07, 6.45) is 2.63. The number of nitrogens with zero attached hydrogens (tertiary/aromatic N) is 2. The van der Waals surface area contributed by atoms with Crippen molar-refractivity contribution < 1.29 is 0 Å². The predicted octanol–water partition coefficient (Wildman–Crippen LogP) is 2.78. The van der Waals surface area contributed by atoms with Gasteiger partial charge < -0.3 is 5.32 Å². The van der Waals surface area contributed by atoms with Crippen molar-refractivity contribution in [2.24, 2.45) is 0 Å². The summed E-state index contributed by atoms with van der Waals surface area (Å²) in [7, 11) is 0. The van der Waals surface area contributed by atoms with E-state index in [9.17, 15) is 0 Å². The largest absolute Gasteiger partial charge is 0.303 e. The number of rotatable bonds is 3. The third kappa shape index (κ3) is 2.53. The molecule has 1 aliphatic rings. The van der Waals surface area contributed by atoms with Crippen LogP contribution in [0.25, 0.3) is 0 Å². The second kappa shape index (κ2) is 5.30. The van der Waals surface area contributed by atoms with Crippen LogP contribution in [0.2, 0.25) is 5.02 Å². The van der Waals surface area contributed by atoms with Crippen molar-refractivity contribution in [3.8, 4) is 0 Å². The summed E-state index contributed by atoms with van der Waals surface area (Å²) in [5.74, 6) is 1.99. The van der Waals surface area contributed by atoms with Crippen LogP contribution in [0.4, 0.5) is 0 Å². The maximum atomic E-state index is 6.08. The van der Waals surface area contributed by atoms with Gasteiger partial charge in [0.1, 0.15) is 12.2 Å². The third-order valence-electron chi connectivity index (χ3n) is 2.99. The quantitative estimate of drug-likeness (QED) is 0.908. The summed E-state index contributed by atoms with van der Waals surface area (Å²) in [5, 5.41) is 11.0. The summed E-state index contributed by atoms with van der Waals surface area (Å²) < 4.78 is 0. The molecular weight excluding hydrogens is 268 g/mol. The predicted molar refractivity (Wildman–Crippen MR) is 72.8 cm³/mol. The molecule has 0 radical (unpaired) electrons. The number of hydrogen-bond donors (Lipinski definition) is 2. The van der Waals surface area contributed by atoms with Crippen LogP contribution in [0.3, 0.4) is 0 Å². The van der Waals surface area contributed by atoms with Crippen molar-refractivity contribution in [3.05, 3.63) is 40.9 Å². The molecule has 0 bridgehead atoms. The topological polar surface area (TPSA) is 53.6 Å². The summed E-state index contributed by atoms with van der Waals surface area (Å²) in [4.78, 5) is 5.43. The van der Waals surface area contributed by atoms with E-state index in [1.165, 1.54) is 16.8 Å². The van der Waals surface area contributed by atoms with Crippen LogP contribution in [0.15, 0.2) is 29.4 Å². The number of thioether (sulfide) groups is 1. The highest BCUT2D eigenvalue weighted by Gasteiger charge is 2.20. The van der Waals surface area contributed by atoms with Crippen LogP contribution in [0.5, 0.6) is 0 Å². The molecule has 2 N–H and O–H groups in total. The minimum Gasteiger partial charge on any atom is -0.303 e. The van der Waals surface area contributed by atoms with E-state index >= 15 is 0 Å². The zero-order valence-electron chi connectivity index (χ0n) is 9.69. The smallest absolute Gasteiger partial charge is 0.138 e. The molecule has 0 saturated heterocycles. The van der Waals surface area contributed by atoms with Crippen LogP contribution < -0.4 is 5.32 Å². The van der Waals surface area contributed by atoms with Gasteiger partial charge in [0.2, 0.25) is 0 Å². The summed E-state index contributed by atoms with van der Waals surface area (Å²) >= 11 is 7.97. The first-order chi connectivity index (χ1) is 8.83. The average Bonchev–Trinajstić information content (AvgIpc) is 2.89. The van der Waals surface area contributed by atoms with Crippen molar-refractivity contribution in [3.63, 3.8) is 0 Å². The number of aromatic amines is 1. The molecule has 6 heteroatoms. The first-order valence-electron chi connectivity index (χ1n) is 5.83. The Morgan fingerprint density at radius 3 is 3.28 bits per heavy atom. The fourth-order valence-corrected chi connectivity index (χ4v) is 3.40. The maximum Gasteiger partial charge on any atom is 0.138 e. The van der Waals surface area contributed by atoms with Gasteiger partial charge in [0.05, 0.1) is 6.54 Å². The second-order valence-electron chi connectivity index (χ2n) is 4.18. The lowest BCUT2D eigenvalue weighted by Crippen LogP contribution is -2.24. The van der Waals surface area contributed by atoms with Crippen molar-refractivity contribution in [2.45, 2.75) is 23.9 Å². The minimum atomic E-state index is 0.338. The normalized spacial score (nSPS) is 18.6. The van der Waals surface area contributed by atoms with E-state index in [-0.39, 0.29) is 0 Å². The lowest BCUT2D eigenvalue weighted by atomic mass is 10.0. The van der Waals surface area contributed by atoms with E-state index in [1.807, 2.05) is 17.8 Å². The van der Waals surface area contributed by atoms with Crippen molar-refractivity contribution >= 4 is 23.4 Å². The van der Waals surface area contributed by atoms with E-state index in [4.69, 9.17) is 11.6 Å². The van der Waals surface area contributed by atoms with Gasteiger partial charge in [0.15, 0.2) is 0 Å². The van der Waals surface area contributed by atoms with Crippen LogP contribution in [0.1, 0.15) is 23.9 Å². The van der Waals surface area contributed by atoms with Crippen LogP contribution in [0, 0.1) is 0 Å². The molecule has 0 saturated carbocycles. The number of H-pyrrole nitrogens is 1. The number of fused-ring (bicyclic) bond motifs is 1. The molecule has 1 aromatic heterocycles. The highest BCUT2D eigenvalue weighted by atomic mass is 35.5. The molecule has 0 spiro atoms. The zero-order valence-corrected chi connectivity index (χ0v) is 11.3. The Balaban J connectivity index is 1.76. The van der Waals surface area contributed by atoms with Gasteiger partial charge in [-0.2, -0.15) is 5.10 Å². The molecule has 1 unspecified atom stereocenters. The fraction of sp³-hybridized carbons (Fsp3) is 0.333. The van der Waals surface area contributed by atoms with Gasteiger partial charge in [0.25, 0.3) is 0 Å². The highest BCUT2D eigenvalue weighted by Crippen LogP contribution is 2.37. The Kier molecular flexibility index (Phi) is 3.54. The van der Waals surface area contributed by atoms with Gasteiger partial charge in [-0.3, -0.25) is 5.10 Å². The first-order valence-corrected chi connectivity index (χ1v) is 7.19. The summed E-state index contributed by atoms with van der Waals surface area (Å²) in [6.45, 7) is 0.696. The molecule has 3 rings (SSSR count). The SMILES string of the molecule is Clc1ccc2c(c1)C(NCc1ncn[nH]1)CCS2. The molecule has 0 aliphatic carbocycles. The number of benzene rings is 1. The summed E-state index contributed by atoms with van der Waals surface area (Å²) in [6, 6.07) is 6.45. The van der Waals surface area contributed by atoms with Crippen LogP contribution in [-0.2, 0) is 6.54 Å². The lowest BCUT2D eigenvalue weighted by molar-refractivity contribution is 0.501. The third-order valence-corrected chi connectivity index (χ3v) is 4.35. The molecule has 1 aliphatic heterocycles. The molecule has 94 valence electrons. The standard InChI is InChI=1S/C12H13ClN4S/c13-8-1-2-11-9(5-8)10(3-4-18-11)14-6-12-15-7-16-17-12/h1-2,5,7,10,14H,3-4,6H2,(H,15,16,17). The van der Waals surface area contributed by atoms with Crippen LogP contribution in [-0.4, -0.2) is 20.9 Å². The van der Waals surface area contributed by atoms with E-state index in [1.54, 1.807) is 0 Å². The lowest BCUT2D eigenvalue weighted by Gasteiger charge is -2.25. The van der Waals surface area contributed by atoms with E-state index in [0.717, 1.165) is 23.0 Å². The van der Waals surface area contributed by atoms with E-state index < -0.39 is 0 Å². The monoisotopic (exact) mass is 280 g/mol. The van der Waals surface area contributed by atoms with Crippen molar-refractivity contribution in [1.29, 1.82) is 0 Å². The van der Waals surface area contributed by atoms with E-state index in [0.29, 0.717) is 12.6 Å². The molecule has 1 atom stereocenters. The van der Waals surface area contributed by atoms with Crippen LogP contribution >= 0.6 is 23.4 Å². The molecule has 1 aromatic carbocycles. The Labute approximate surface area is 115 Å². The molecule has 0 amide bonds. The molecule has 0 fully saturated rings. The molecule has 2 aromatic rings. The molecule has 4 nitrogen and oxygen atoms in total. The maximum absolute atomic E-state index is 6.08. The summed E-state index contributed by atoms with van der Waals surface area (Å²) in [5.41, 5.74) is 1.29. The molecule has 18 heavy (non-hydrogen) atoms. The van der Waals surface area contributed by atoms with Crippen molar-refractivity contribution in [1.82, 2.24) is 20.5 Å². The molecule has 2 heterocycles. The Morgan fingerprint density at radius 2 is 2.44 bits per heavy atom. The fourth-order valence-electron chi connectivity index (χ4n) is 2.11. The van der Waals surface area contributed by atoms with Gasteiger partial charge in [-0.05, 0) is 35.9 Å². The number of aromatic nitrogens is 3. The van der Waals surface area contributed by atoms with Gasteiger partial charge >= 0.3 is 0 Å². The Bertz CT molecular complexity index is 529. The van der Waals surface area contributed by atoms with Gasteiger partial charge in [-0.15, -0.1) is 11.8 Å². The first kappa shape index (κ1) is 12.0. The highest BCUT2D eigenvalue weighted by molar-refractivity contribution is 7.99. The van der Waals surface area contributed by atoms with Gasteiger partial charge in [-0.1, -0.05) is 11.6 Å². The minimum absolute atomic E-state index is 0.338. The van der Waals surface area contributed by atoms with E-state index in [2.05, 4.69) is 32.6 Å². The average molecular weight is 281 g/mol. The van der Waals surface area contributed by atoms with Gasteiger partial charge in [-0.25, -0.2) is 4.98 Å². The van der Waals surface area contributed by atoms with Gasteiger partial charge in [0, 0.05) is 16.0 Å². The number of nitrogens with one attached hydrogen (secondary N) is 2.